The summed E-state index contributed by atoms with van der Waals surface area (Å²) >= 11 is 0. The number of aryl methyl sites for hydroxylation is 1. The molecule has 5 nitrogen and oxygen atoms in total. The van der Waals surface area contributed by atoms with Crippen LogP contribution in [-0.4, -0.2) is 31.7 Å². The van der Waals surface area contributed by atoms with E-state index < -0.39 is 0 Å². The van der Waals surface area contributed by atoms with Crippen molar-refractivity contribution >= 4 is 24.0 Å². The normalized spacial score (nSPS) is 16.6. The second kappa shape index (κ2) is 9.42. The third-order valence-corrected chi connectivity index (χ3v) is 3.80. The third-order valence-electron chi connectivity index (χ3n) is 3.80. The van der Waals surface area contributed by atoms with Gasteiger partial charge in [0.2, 0.25) is 5.91 Å². The average molecular weight is 363 g/mol. The maximum absolute atomic E-state index is 12.3. The predicted molar refractivity (Wildman–Crippen MR) is 101 cm³/mol. The number of benzene rings is 2. The first-order valence-electron chi connectivity index (χ1n) is 8.16. The molecule has 25 heavy (non-hydrogen) atoms. The molecule has 134 valence electrons. The summed E-state index contributed by atoms with van der Waals surface area (Å²) in [5.41, 5.74) is 1.78. The molecular formula is C19H23ClN2O3. The molecule has 1 heterocycles. The number of anilines is 1. The molecule has 0 spiro atoms. The molecule has 0 radical (unpaired) electrons. The standard InChI is InChI=1S/C19H22N2O3.ClH/c1-14-5-4-6-15(11-14)24-18-8-3-2-7-17(18)21-19(22)12-16-13-20-9-10-23-16;/h2-8,11,16,20H,9-10,12-13H2,1H3,(H,21,22);1H. The highest BCUT2D eigenvalue weighted by Gasteiger charge is 2.18. The number of amides is 1. The number of nitrogens with one attached hydrogen (secondary N) is 2. The smallest absolute Gasteiger partial charge is 0.227 e. The van der Waals surface area contributed by atoms with E-state index in [9.17, 15) is 4.79 Å². The van der Waals surface area contributed by atoms with Crippen molar-refractivity contribution in [3.63, 3.8) is 0 Å². The lowest BCUT2D eigenvalue weighted by molar-refractivity contribution is -0.119. The summed E-state index contributed by atoms with van der Waals surface area (Å²) in [7, 11) is 0. The first-order chi connectivity index (χ1) is 11.7. The van der Waals surface area contributed by atoms with Crippen LogP contribution < -0.4 is 15.4 Å². The van der Waals surface area contributed by atoms with Gasteiger partial charge in [-0.3, -0.25) is 4.79 Å². The molecule has 1 atom stereocenters. The van der Waals surface area contributed by atoms with Gasteiger partial charge in [0, 0.05) is 13.1 Å². The Morgan fingerprint density at radius 3 is 2.88 bits per heavy atom. The second-order valence-electron chi connectivity index (χ2n) is 5.86. The number of rotatable bonds is 5. The molecule has 1 aliphatic rings. The van der Waals surface area contributed by atoms with E-state index in [1.165, 1.54) is 0 Å². The first kappa shape index (κ1) is 19.2. The lowest BCUT2D eigenvalue weighted by Gasteiger charge is -2.23. The van der Waals surface area contributed by atoms with Crippen molar-refractivity contribution in [2.45, 2.75) is 19.4 Å². The number of ether oxygens (including phenoxy) is 2. The van der Waals surface area contributed by atoms with Crippen molar-refractivity contribution in [1.29, 1.82) is 0 Å². The Morgan fingerprint density at radius 1 is 1.28 bits per heavy atom. The highest BCUT2D eigenvalue weighted by molar-refractivity contribution is 5.92. The summed E-state index contributed by atoms with van der Waals surface area (Å²) in [6.45, 7) is 4.20. The molecule has 2 N–H and O–H groups in total. The van der Waals surface area contributed by atoms with E-state index >= 15 is 0 Å². The van der Waals surface area contributed by atoms with Gasteiger partial charge in [-0.05, 0) is 36.8 Å². The molecule has 0 aromatic heterocycles. The molecule has 0 saturated carbocycles. The van der Waals surface area contributed by atoms with Gasteiger partial charge in [0.25, 0.3) is 0 Å². The Balaban J connectivity index is 0.00000225. The maximum atomic E-state index is 12.3. The molecule has 0 bridgehead atoms. The van der Waals surface area contributed by atoms with Crippen LogP contribution in [0.5, 0.6) is 11.5 Å². The van der Waals surface area contributed by atoms with Crippen molar-refractivity contribution < 1.29 is 14.3 Å². The zero-order chi connectivity index (χ0) is 16.8. The summed E-state index contributed by atoms with van der Waals surface area (Å²) in [6, 6.07) is 15.2. The fraction of sp³-hybridized carbons (Fsp3) is 0.316. The fourth-order valence-corrected chi connectivity index (χ4v) is 2.62. The Kier molecular flexibility index (Phi) is 7.25. The highest BCUT2D eigenvalue weighted by atomic mass is 35.5. The van der Waals surface area contributed by atoms with E-state index in [0.717, 1.165) is 17.9 Å². The van der Waals surface area contributed by atoms with Gasteiger partial charge < -0.3 is 20.1 Å². The van der Waals surface area contributed by atoms with Gasteiger partial charge in [0.1, 0.15) is 5.75 Å². The number of carbonyl (C=O) groups is 1. The van der Waals surface area contributed by atoms with Crippen LogP contribution in [0.3, 0.4) is 0 Å². The largest absolute Gasteiger partial charge is 0.455 e. The van der Waals surface area contributed by atoms with Crippen LogP contribution in [0.15, 0.2) is 48.5 Å². The van der Waals surface area contributed by atoms with E-state index in [2.05, 4.69) is 10.6 Å². The van der Waals surface area contributed by atoms with Gasteiger partial charge in [-0.1, -0.05) is 24.3 Å². The topological polar surface area (TPSA) is 59.6 Å². The van der Waals surface area contributed by atoms with Crippen LogP contribution in [0.2, 0.25) is 0 Å². The molecule has 2 aromatic carbocycles. The molecule has 1 saturated heterocycles. The lowest BCUT2D eigenvalue weighted by atomic mass is 10.2. The summed E-state index contributed by atoms with van der Waals surface area (Å²) in [6.07, 6.45) is 0.245. The number of carbonyl (C=O) groups excluding carboxylic acids is 1. The van der Waals surface area contributed by atoms with Gasteiger partial charge in [-0.2, -0.15) is 0 Å². The van der Waals surface area contributed by atoms with E-state index in [-0.39, 0.29) is 24.4 Å². The summed E-state index contributed by atoms with van der Waals surface area (Å²) in [5.74, 6) is 1.29. The van der Waals surface area contributed by atoms with Crippen LogP contribution in [0.4, 0.5) is 5.69 Å². The molecule has 1 aliphatic heterocycles. The lowest BCUT2D eigenvalue weighted by Crippen LogP contribution is -2.40. The Bertz CT molecular complexity index is 703. The SMILES string of the molecule is Cc1cccc(Oc2ccccc2NC(=O)CC2CNCCO2)c1.Cl. The molecule has 6 heteroatoms. The van der Waals surface area contributed by atoms with Crippen LogP contribution in [0.25, 0.3) is 0 Å². The molecule has 1 fully saturated rings. The average Bonchev–Trinajstić information content (AvgIpc) is 2.57. The molecule has 1 unspecified atom stereocenters. The molecule has 3 rings (SSSR count). The Labute approximate surface area is 154 Å². The summed E-state index contributed by atoms with van der Waals surface area (Å²) in [5, 5.41) is 6.14. The third kappa shape index (κ3) is 5.74. The van der Waals surface area contributed by atoms with E-state index in [0.29, 0.717) is 31.0 Å². The maximum Gasteiger partial charge on any atom is 0.227 e. The van der Waals surface area contributed by atoms with E-state index in [1.54, 1.807) is 0 Å². The van der Waals surface area contributed by atoms with Crippen molar-refractivity contribution in [1.82, 2.24) is 5.32 Å². The van der Waals surface area contributed by atoms with Gasteiger partial charge in [-0.25, -0.2) is 0 Å². The van der Waals surface area contributed by atoms with E-state index in [4.69, 9.17) is 9.47 Å². The van der Waals surface area contributed by atoms with Crippen LogP contribution >= 0.6 is 12.4 Å². The van der Waals surface area contributed by atoms with Gasteiger partial charge in [-0.15, -0.1) is 12.4 Å². The minimum absolute atomic E-state index is 0. The quantitative estimate of drug-likeness (QED) is 0.854. The van der Waals surface area contributed by atoms with Gasteiger partial charge in [0.15, 0.2) is 5.75 Å². The zero-order valence-electron chi connectivity index (χ0n) is 14.2. The second-order valence-corrected chi connectivity index (χ2v) is 5.86. The molecular weight excluding hydrogens is 340 g/mol. The molecule has 2 aromatic rings. The Morgan fingerprint density at radius 2 is 2.12 bits per heavy atom. The summed E-state index contributed by atoms with van der Waals surface area (Å²) in [4.78, 5) is 12.3. The minimum atomic E-state index is -0.0800. The predicted octanol–water partition coefficient (Wildman–Crippen LogP) is 3.53. The van der Waals surface area contributed by atoms with Gasteiger partial charge >= 0.3 is 0 Å². The highest BCUT2D eigenvalue weighted by Crippen LogP contribution is 2.29. The monoisotopic (exact) mass is 362 g/mol. The number of hydrogen-bond acceptors (Lipinski definition) is 4. The number of para-hydroxylation sites is 2. The van der Waals surface area contributed by atoms with Crippen LogP contribution in [-0.2, 0) is 9.53 Å². The van der Waals surface area contributed by atoms with Crippen molar-refractivity contribution in [2.75, 3.05) is 25.0 Å². The summed E-state index contributed by atoms with van der Waals surface area (Å²) < 4.78 is 11.5. The Hall–Kier alpha value is -2.08. The van der Waals surface area contributed by atoms with Crippen molar-refractivity contribution in [2.24, 2.45) is 0 Å². The minimum Gasteiger partial charge on any atom is -0.455 e. The first-order valence-corrected chi connectivity index (χ1v) is 8.16. The van der Waals surface area contributed by atoms with E-state index in [1.807, 2.05) is 55.5 Å². The van der Waals surface area contributed by atoms with Crippen LogP contribution in [0.1, 0.15) is 12.0 Å². The number of halogens is 1. The fourth-order valence-electron chi connectivity index (χ4n) is 2.62. The molecule has 1 amide bonds. The number of hydrogen-bond donors (Lipinski definition) is 2. The van der Waals surface area contributed by atoms with Crippen LogP contribution in [0, 0.1) is 6.92 Å². The number of morpholine rings is 1. The van der Waals surface area contributed by atoms with Crippen molar-refractivity contribution in [3.8, 4) is 11.5 Å². The zero-order valence-corrected chi connectivity index (χ0v) is 15.0. The molecule has 0 aliphatic carbocycles. The van der Waals surface area contributed by atoms with Crippen molar-refractivity contribution in [3.05, 3.63) is 54.1 Å². The van der Waals surface area contributed by atoms with Gasteiger partial charge in [0.05, 0.1) is 24.8 Å².